The molecule has 0 heterocycles. The summed E-state index contributed by atoms with van der Waals surface area (Å²) in [6.07, 6.45) is 1.53. The Morgan fingerprint density at radius 2 is 1.73 bits per heavy atom. The maximum atomic E-state index is 10.8. The van der Waals surface area contributed by atoms with Gasteiger partial charge in [-0.1, -0.05) is 0 Å². The van der Waals surface area contributed by atoms with Crippen molar-refractivity contribution in [2.24, 2.45) is 0 Å². The Morgan fingerprint density at radius 1 is 1.13 bits per heavy atom. The second kappa shape index (κ2) is 5.48. The summed E-state index contributed by atoms with van der Waals surface area (Å²) in [5.41, 5.74) is 8.33. The molecule has 1 aromatic carbocycles. The van der Waals surface area contributed by atoms with Crippen molar-refractivity contribution < 1.29 is 15.0 Å². The predicted molar refractivity (Wildman–Crippen MR) is 57.8 cm³/mol. The second-order valence-electron chi connectivity index (χ2n) is 3.27. The molecule has 0 bridgehead atoms. The molecule has 4 N–H and O–H groups in total. The van der Waals surface area contributed by atoms with E-state index < -0.39 is 0 Å². The molecule has 0 unspecified atom stereocenters. The first-order chi connectivity index (χ1) is 7.24. The van der Waals surface area contributed by atoms with Crippen molar-refractivity contribution in [3.63, 3.8) is 0 Å². The molecule has 0 saturated heterocycles. The van der Waals surface area contributed by atoms with Gasteiger partial charge in [0.1, 0.15) is 6.29 Å². The zero-order valence-electron chi connectivity index (χ0n) is 8.44. The summed E-state index contributed by atoms with van der Waals surface area (Å²) in [6, 6.07) is 3.28. The smallest absolute Gasteiger partial charge is 0.150 e. The number of rotatable bonds is 5. The Morgan fingerprint density at radius 3 is 2.27 bits per heavy atom. The van der Waals surface area contributed by atoms with Crippen LogP contribution in [0.25, 0.3) is 0 Å². The fourth-order valence-electron chi connectivity index (χ4n) is 1.65. The van der Waals surface area contributed by atoms with Crippen LogP contribution in [-0.2, 0) is 12.8 Å². The molecule has 0 atom stereocenters. The van der Waals surface area contributed by atoms with Crippen molar-refractivity contribution in [3.05, 3.63) is 28.8 Å². The monoisotopic (exact) mass is 209 g/mol. The number of hydrogen-bond acceptors (Lipinski definition) is 4. The maximum absolute atomic E-state index is 10.8. The SMILES string of the molecule is Nc1ccc(C=O)c(CCO)c1CCO. The molecule has 0 aromatic heterocycles. The van der Waals surface area contributed by atoms with Gasteiger partial charge in [-0.2, -0.15) is 0 Å². The van der Waals surface area contributed by atoms with Crippen molar-refractivity contribution in [1.82, 2.24) is 0 Å². The lowest BCUT2D eigenvalue weighted by molar-refractivity contribution is 0.112. The summed E-state index contributed by atoms with van der Waals surface area (Å²) >= 11 is 0. The standard InChI is InChI=1S/C11H15NO3/c12-11-2-1-8(7-15)9(3-5-13)10(11)4-6-14/h1-2,7,13-14H,3-6,12H2. The maximum Gasteiger partial charge on any atom is 0.150 e. The van der Waals surface area contributed by atoms with E-state index in [1.165, 1.54) is 0 Å². The molecule has 0 saturated carbocycles. The van der Waals surface area contributed by atoms with Gasteiger partial charge in [0, 0.05) is 24.5 Å². The number of hydrogen-bond donors (Lipinski definition) is 3. The largest absolute Gasteiger partial charge is 0.398 e. The second-order valence-corrected chi connectivity index (χ2v) is 3.27. The first-order valence-electron chi connectivity index (χ1n) is 4.81. The van der Waals surface area contributed by atoms with Crippen LogP contribution in [0.5, 0.6) is 0 Å². The highest BCUT2D eigenvalue weighted by Gasteiger charge is 2.10. The van der Waals surface area contributed by atoms with Crippen molar-refractivity contribution in [2.75, 3.05) is 18.9 Å². The normalized spacial score (nSPS) is 10.3. The van der Waals surface area contributed by atoms with Gasteiger partial charge in [0.05, 0.1) is 0 Å². The predicted octanol–water partition coefficient (Wildman–Crippen LogP) is 0.151. The lowest BCUT2D eigenvalue weighted by Gasteiger charge is -2.12. The van der Waals surface area contributed by atoms with Crippen LogP contribution in [-0.4, -0.2) is 29.7 Å². The zero-order valence-corrected chi connectivity index (χ0v) is 8.44. The number of carbonyl (C=O) groups is 1. The summed E-state index contributed by atoms with van der Waals surface area (Å²) in [5, 5.41) is 17.8. The topological polar surface area (TPSA) is 83.6 Å². The quantitative estimate of drug-likeness (QED) is 0.476. The van der Waals surface area contributed by atoms with Crippen molar-refractivity contribution in [2.45, 2.75) is 12.8 Å². The third kappa shape index (κ3) is 2.55. The van der Waals surface area contributed by atoms with Gasteiger partial charge in [0.2, 0.25) is 0 Å². The van der Waals surface area contributed by atoms with E-state index in [-0.39, 0.29) is 13.2 Å². The van der Waals surface area contributed by atoms with Crippen LogP contribution in [0.1, 0.15) is 21.5 Å². The molecule has 0 fully saturated rings. The van der Waals surface area contributed by atoms with Gasteiger partial charge in [0.15, 0.2) is 0 Å². The Hall–Kier alpha value is -1.39. The Bertz CT molecular complexity index is 350. The molecule has 4 nitrogen and oxygen atoms in total. The van der Waals surface area contributed by atoms with Gasteiger partial charge >= 0.3 is 0 Å². The third-order valence-electron chi connectivity index (χ3n) is 2.35. The fraction of sp³-hybridized carbons (Fsp3) is 0.364. The summed E-state index contributed by atoms with van der Waals surface area (Å²) in [5.74, 6) is 0. The molecular formula is C11H15NO3. The highest BCUT2D eigenvalue weighted by Crippen LogP contribution is 2.21. The van der Waals surface area contributed by atoms with E-state index >= 15 is 0 Å². The molecule has 82 valence electrons. The van der Waals surface area contributed by atoms with Crippen LogP contribution in [0.4, 0.5) is 5.69 Å². The fourth-order valence-corrected chi connectivity index (χ4v) is 1.65. The van der Waals surface area contributed by atoms with Gasteiger partial charge in [-0.3, -0.25) is 4.79 Å². The molecule has 1 aromatic rings. The number of benzene rings is 1. The number of aliphatic hydroxyl groups excluding tert-OH is 2. The molecule has 0 aliphatic rings. The molecule has 0 spiro atoms. The molecule has 0 amide bonds. The summed E-state index contributed by atoms with van der Waals surface area (Å²) < 4.78 is 0. The summed E-state index contributed by atoms with van der Waals surface area (Å²) in [4.78, 5) is 10.8. The van der Waals surface area contributed by atoms with Crippen LogP contribution >= 0.6 is 0 Å². The van der Waals surface area contributed by atoms with Gasteiger partial charge < -0.3 is 15.9 Å². The van der Waals surface area contributed by atoms with Crippen LogP contribution < -0.4 is 5.73 Å². The minimum Gasteiger partial charge on any atom is -0.398 e. The molecule has 15 heavy (non-hydrogen) atoms. The Labute approximate surface area is 88.3 Å². The van der Waals surface area contributed by atoms with E-state index in [1.54, 1.807) is 12.1 Å². The average Bonchev–Trinajstić information content (AvgIpc) is 2.24. The van der Waals surface area contributed by atoms with E-state index in [0.29, 0.717) is 24.1 Å². The van der Waals surface area contributed by atoms with Gasteiger partial charge in [-0.25, -0.2) is 0 Å². The minimum atomic E-state index is -0.0390. The van der Waals surface area contributed by atoms with Gasteiger partial charge in [-0.05, 0) is 36.1 Å². The lowest BCUT2D eigenvalue weighted by Crippen LogP contribution is -2.07. The Kier molecular flexibility index (Phi) is 4.27. The summed E-state index contributed by atoms with van der Waals surface area (Å²) in [7, 11) is 0. The highest BCUT2D eigenvalue weighted by molar-refractivity contribution is 5.80. The van der Waals surface area contributed by atoms with E-state index in [4.69, 9.17) is 15.9 Å². The molecule has 0 aliphatic carbocycles. The molecule has 1 rings (SSSR count). The van der Waals surface area contributed by atoms with Crippen LogP contribution in [0.3, 0.4) is 0 Å². The van der Waals surface area contributed by atoms with Crippen LogP contribution in [0.2, 0.25) is 0 Å². The Balaban J connectivity index is 3.22. The van der Waals surface area contributed by atoms with Crippen molar-refractivity contribution in [3.8, 4) is 0 Å². The third-order valence-corrected chi connectivity index (χ3v) is 2.35. The van der Waals surface area contributed by atoms with Crippen molar-refractivity contribution in [1.29, 1.82) is 0 Å². The number of aliphatic hydroxyl groups is 2. The number of carbonyl (C=O) groups excluding carboxylic acids is 1. The number of nitrogens with two attached hydrogens (primary N) is 1. The summed E-state index contributed by atoms with van der Waals surface area (Å²) in [6.45, 7) is -0.0618. The average molecular weight is 209 g/mol. The molecule has 0 radical (unpaired) electrons. The first kappa shape index (κ1) is 11.7. The zero-order chi connectivity index (χ0) is 11.3. The first-order valence-corrected chi connectivity index (χ1v) is 4.81. The van der Waals surface area contributed by atoms with Gasteiger partial charge in [-0.15, -0.1) is 0 Å². The molecular weight excluding hydrogens is 194 g/mol. The van der Waals surface area contributed by atoms with Crippen LogP contribution in [0, 0.1) is 0 Å². The van der Waals surface area contributed by atoms with E-state index in [2.05, 4.69) is 0 Å². The van der Waals surface area contributed by atoms with E-state index in [9.17, 15) is 4.79 Å². The number of nitrogen functional groups attached to an aromatic ring is 1. The van der Waals surface area contributed by atoms with E-state index in [1.807, 2.05) is 0 Å². The van der Waals surface area contributed by atoms with Crippen molar-refractivity contribution >= 4 is 12.0 Å². The minimum absolute atomic E-state index is 0.0229. The number of anilines is 1. The van der Waals surface area contributed by atoms with E-state index in [0.717, 1.165) is 17.4 Å². The highest BCUT2D eigenvalue weighted by atomic mass is 16.3. The number of aldehydes is 1. The van der Waals surface area contributed by atoms with Crippen LogP contribution in [0.15, 0.2) is 12.1 Å². The molecule has 0 aliphatic heterocycles. The molecule has 4 heteroatoms. The van der Waals surface area contributed by atoms with Gasteiger partial charge in [0.25, 0.3) is 0 Å². The lowest BCUT2D eigenvalue weighted by atomic mass is 9.95.